The van der Waals surface area contributed by atoms with E-state index in [2.05, 4.69) is 0 Å². The number of thiophene rings is 1. The summed E-state index contributed by atoms with van der Waals surface area (Å²) < 4.78 is 5.25. The van der Waals surface area contributed by atoms with Gasteiger partial charge in [-0.1, -0.05) is 6.07 Å². The monoisotopic (exact) mass is 317 g/mol. The summed E-state index contributed by atoms with van der Waals surface area (Å²) in [5.41, 5.74) is 0.542. The van der Waals surface area contributed by atoms with Crippen molar-refractivity contribution >= 4 is 28.8 Å². The summed E-state index contributed by atoms with van der Waals surface area (Å²) in [5, 5.41) is 12.5. The molecule has 22 heavy (non-hydrogen) atoms. The number of hydrogen-bond donors (Lipinski definition) is 0. The SMILES string of the molecule is O=C1C[C@H](C(=O)c2cccs2)[C@@H](c2ccc([N+](=O)[O-])cc2)O1. The molecule has 0 spiro atoms. The molecule has 1 aromatic heterocycles. The van der Waals surface area contributed by atoms with Crippen LogP contribution in [0, 0.1) is 16.0 Å². The number of nitro benzene ring substituents is 1. The average molecular weight is 317 g/mol. The van der Waals surface area contributed by atoms with Gasteiger partial charge in [-0.15, -0.1) is 11.3 Å². The van der Waals surface area contributed by atoms with Gasteiger partial charge in [0.05, 0.1) is 22.1 Å². The van der Waals surface area contributed by atoms with Crippen LogP contribution >= 0.6 is 11.3 Å². The first-order valence-corrected chi connectivity index (χ1v) is 7.46. The van der Waals surface area contributed by atoms with E-state index in [1.54, 1.807) is 17.5 Å². The predicted octanol–water partition coefficient (Wildman–Crippen LogP) is 3.14. The summed E-state index contributed by atoms with van der Waals surface area (Å²) in [6, 6.07) is 9.22. The summed E-state index contributed by atoms with van der Waals surface area (Å²) in [5.74, 6) is -1.16. The van der Waals surface area contributed by atoms with Crippen LogP contribution in [0.2, 0.25) is 0 Å². The van der Waals surface area contributed by atoms with Crippen LogP contribution in [0.3, 0.4) is 0 Å². The number of carbonyl (C=O) groups is 2. The summed E-state index contributed by atoms with van der Waals surface area (Å²) >= 11 is 1.32. The van der Waals surface area contributed by atoms with E-state index in [0.29, 0.717) is 10.4 Å². The van der Waals surface area contributed by atoms with Crippen LogP contribution in [0.15, 0.2) is 41.8 Å². The normalized spacial score (nSPS) is 20.6. The second kappa shape index (κ2) is 5.69. The van der Waals surface area contributed by atoms with E-state index >= 15 is 0 Å². The highest BCUT2D eigenvalue weighted by molar-refractivity contribution is 7.12. The van der Waals surface area contributed by atoms with Crippen LogP contribution in [-0.4, -0.2) is 16.7 Å². The van der Waals surface area contributed by atoms with Gasteiger partial charge in [0.2, 0.25) is 0 Å². The van der Waals surface area contributed by atoms with Crippen molar-refractivity contribution in [2.75, 3.05) is 0 Å². The number of hydrogen-bond acceptors (Lipinski definition) is 6. The summed E-state index contributed by atoms with van der Waals surface area (Å²) in [6.07, 6.45) is -0.666. The number of carbonyl (C=O) groups excluding carboxylic acids is 2. The average Bonchev–Trinajstić information content (AvgIpc) is 3.16. The molecule has 6 nitrogen and oxygen atoms in total. The highest BCUT2D eigenvalue weighted by Gasteiger charge is 2.41. The number of ketones is 1. The molecular formula is C15H11NO5S. The quantitative estimate of drug-likeness (QED) is 0.374. The number of benzene rings is 1. The molecule has 1 saturated heterocycles. The van der Waals surface area contributed by atoms with E-state index in [4.69, 9.17) is 4.74 Å². The highest BCUT2D eigenvalue weighted by atomic mass is 32.1. The third-order valence-electron chi connectivity index (χ3n) is 3.54. The molecule has 0 aliphatic carbocycles. The highest BCUT2D eigenvalue weighted by Crippen LogP contribution is 2.38. The van der Waals surface area contributed by atoms with E-state index in [1.165, 1.54) is 35.6 Å². The fraction of sp³-hybridized carbons (Fsp3) is 0.200. The first-order valence-electron chi connectivity index (χ1n) is 6.58. The Bertz CT molecular complexity index is 723. The van der Waals surface area contributed by atoms with Crippen LogP contribution < -0.4 is 0 Å². The number of nitrogens with zero attached hydrogens (tertiary/aromatic N) is 1. The first kappa shape index (κ1) is 14.4. The van der Waals surface area contributed by atoms with Crippen molar-refractivity contribution in [3.8, 4) is 0 Å². The van der Waals surface area contributed by atoms with E-state index in [0.717, 1.165) is 0 Å². The Hall–Kier alpha value is -2.54. The molecule has 1 aliphatic heterocycles. The van der Waals surface area contributed by atoms with Crippen LogP contribution in [0.4, 0.5) is 5.69 Å². The van der Waals surface area contributed by atoms with Crippen LogP contribution in [0.1, 0.15) is 27.8 Å². The van der Waals surface area contributed by atoms with E-state index < -0.39 is 22.9 Å². The lowest BCUT2D eigenvalue weighted by Gasteiger charge is -2.16. The van der Waals surface area contributed by atoms with Crippen molar-refractivity contribution in [2.24, 2.45) is 5.92 Å². The lowest BCUT2D eigenvalue weighted by atomic mass is 9.90. The zero-order valence-electron chi connectivity index (χ0n) is 11.3. The zero-order chi connectivity index (χ0) is 15.7. The molecule has 1 aliphatic rings. The van der Waals surface area contributed by atoms with E-state index in [1.807, 2.05) is 0 Å². The predicted molar refractivity (Wildman–Crippen MR) is 78.7 cm³/mol. The van der Waals surface area contributed by atoms with Gasteiger partial charge in [0.15, 0.2) is 5.78 Å². The van der Waals surface area contributed by atoms with Crippen molar-refractivity contribution in [1.29, 1.82) is 0 Å². The van der Waals surface area contributed by atoms with E-state index in [9.17, 15) is 19.7 Å². The summed E-state index contributed by atoms with van der Waals surface area (Å²) in [6.45, 7) is 0. The third-order valence-corrected chi connectivity index (χ3v) is 4.43. The van der Waals surface area contributed by atoms with Gasteiger partial charge in [-0.3, -0.25) is 19.7 Å². The summed E-state index contributed by atoms with van der Waals surface area (Å²) in [7, 11) is 0. The topological polar surface area (TPSA) is 86.5 Å². The number of esters is 1. The molecule has 0 amide bonds. The second-order valence-electron chi connectivity index (χ2n) is 4.91. The maximum atomic E-state index is 12.5. The Morgan fingerprint density at radius 1 is 1.27 bits per heavy atom. The third kappa shape index (κ3) is 2.62. The van der Waals surface area contributed by atoms with Crippen molar-refractivity contribution in [2.45, 2.75) is 12.5 Å². The second-order valence-corrected chi connectivity index (χ2v) is 5.86. The molecule has 3 rings (SSSR count). The van der Waals surface area contributed by atoms with Crippen molar-refractivity contribution < 1.29 is 19.2 Å². The maximum Gasteiger partial charge on any atom is 0.307 e. The van der Waals surface area contributed by atoms with Gasteiger partial charge in [-0.05, 0) is 29.1 Å². The maximum absolute atomic E-state index is 12.5. The van der Waals surface area contributed by atoms with Gasteiger partial charge >= 0.3 is 5.97 Å². The molecule has 1 aromatic carbocycles. The zero-order valence-corrected chi connectivity index (χ0v) is 12.1. The van der Waals surface area contributed by atoms with Gasteiger partial charge < -0.3 is 4.74 Å². The molecule has 2 atom stereocenters. The molecule has 0 radical (unpaired) electrons. The lowest BCUT2D eigenvalue weighted by Crippen LogP contribution is -2.17. The smallest absolute Gasteiger partial charge is 0.307 e. The van der Waals surface area contributed by atoms with Crippen LogP contribution in [-0.2, 0) is 9.53 Å². The number of nitro groups is 1. The largest absolute Gasteiger partial charge is 0.457 e. The minimum absolute atomic E-state index is 0.0262. The number of non-ortho nitro benzene ring substituents is 1. The molecule has 2 heterocycles. The molecule has 112 valence electrons. The molecule has 0 unspecified atom stereocenters. The number of ether oxygens (including phenoxy) is 1. The van der Waals surface area contributed by atoms with Gasteiger partial charge in [0, 0.05) is 12.1 Å². The fourth-order valence-electron chi connectivity index (χ4n) is 2.48. The first-order chi connectivity index (χ1) is 10.6. The van der Waals surface area contributed by atoms with Crippen molar-refractivity contribution in [3.05, 3.63) is 62.3 Å². The van der Waals surface area contributed by atoms with E-state index in [-0.39, 0.29) is 17.9 Å². The Balaban J connectivity index is 1.89. The molecular weight excluding hydrogens is 306 g/mol. The lowest BCUT2D eigenvalue weighted by molar-refractivity contribution is -0.384. The van der Waals surface area contributed by atoms with Crippen molar-refractivity contribution in [3.63, 3.8) is 0 Å². The minimum atomic E-state index is -0.692. The Morgan fingerprint density at radius 2 is 2.00 bits per heavy atom. The van der Waals surface area contributed by atoms with Crippen molar-refractivity contribution in [1.82, 2.24) is 0 Å². The van der Waals surface area contributed by atoms with Gasteiger partial charge in [0.1, 0.15) is 6.10 Å². The molecule has 1 fully saturated rings. The Morgan fingerprint density at radius 3 is 2.59 bits per heavy atom. The fourth-order valence-corrected chi connectivity index (χ4v) is 3.20. The van der Waals surface area contributed by atoms with Crippen LogP contribution in [0.25, 0.3) is 0 Å². The van der Waals surface area contributed by atoms with Gasteiger partial charge in [0.25, 0.3) is 5.69 Å². The molecule has 0 bridgehead atoms. The summed E-state index contributed by atoms with van der Waals surface area (Å²) in [4.78, 5) is 34.8. The molecule has 0 N–H and O–H groups in total. The molecule has 2 aromatic rings. The number of rotatable bonds is 4. The number of cyclic esters (lactones) is 1. The number of Topliss-reactive ketones (excluding diaryl/α,β-unsaturated/α-hetero) is 1. The molecule has 0 saturated carbocycles. The minimum Gasteiger partial charge on any atom is -0.457 e. The standard InChI is InChI=1S/C15H11NO5S/c17-13-8-11(14(18)12-2-1-7-22-12)15(21-13)9-3-5-10(6-4-9)16(19)20/h1-7,11,15H,8H2/t11-,15-/m1/s1. The van der Waals surface area contributed by atoms with Crippen LogP contribution in [0.5, 0.6) is 0 Å². The molecule has 7 heteroatoms. The van der Waals surface area contributed by atoms with Gasteiger partial charge in [-0.2, -0.15) is 0 Å². The Labute approximate surface area is 129 Å². The Kier molecular flexibility index (Phi) is 3.72. The van der Waals surface area contributed by atoms with Gasteiger partial charge in [-0.25, -0.2) is 0 Å².